The Bertz CT molecular complexity index is 731. The predicted octanol–water partition coefficient (Wildman–Crippen LogP) is 3.49. The molecule has 7 heteroatoms. The first-order valence-corrected chi connectivity index (χ1v) is 8.75. The molecule has 0 aliphatic carbocycles. The smallest absolute Gasteiger partial charge is 0.340 e. The summed E-state index contributed by atoms with van der Waals surface area (Å²) in [7, 11) is 0. The lowest BCUT2D eigenvalue weighted by Gasteiger charge is -2.21. The van der Waals surface area contributed by atoms with Crippen molar-refractivity contribution in [2.45, 2.75) is 13.8 Å². The van der Waals surface area contributed by atoms with Crippen molar-refractivity contribution in [3.05, 3.63) is 52.8 Å². The number of nitrogens with one attached hydrogen (secondary N) is 1. The number of amides is 1. The summed E-state index contributed by atoms with van der Waals surface area (Å²) < 4.78 is 5.66. The largest absolute Gasteiger partial charge is 0.452 e. The van der Waals surface area contributed by atoms with Gasteiger partial charge in [-0.25, -0.2) is 4.79 Å². The summed E-state index contributed by atoms with van der Waals surface area (Å²) in [5, 5.41) is 2.70. The number of nitrogens with zero attached hydrogens (tertiary/aromatic N) is 2. The van der Waals surface area contributed by atoms with Crippen LogP contribution in [-0.2, 0) is 9.53 Å². The fourth-order valence-corrected chi connectivity index (χ4v) is 2.64. The van der Waals surface area contributed by atoms with Crippen LogP contribution in [0.25, 0.3) is 0 Å². The van der Waals surface area contributed by atoms with Crippen LogP contribution < -0.4 is 10.2 Å². The maximum absolute atomic E-state index is 11.9. The second kappa shape index (κ2) is 9.17. The van der Waals surface area contributed by atoms with Crippen molar-refractivity contribution < 1.29 is 14.3 Å². The number of aromatic nitrogens is 1. The molecule has 2 aromatic rings. The van der Waals surface area contributed by atoms with Crippen molar-refractivity contribution in [1.29, 1.82) is 0 Å². The van der Waals surface area contributed by atoms with E-state index in [1.165, 1.54) is 6.20 Å². The lowest BCUT2D eigenvalue weighted by molar-refractivity contribution is -0.119. The van der Waals surface area contributed by atoms with Gasteiger partial charge in [0.25, 0.3) is 5.91 Å². The maximum atomic E-state index is 11.9. The third-order valence-electron chi connectivity index (χ3n) is 3.55. The van der Waals surface area contributed by atoms with E-state index in [4.69, 9.17) is 4.74 Å². The standard InChI is InChI=1S/C18H20BrN3O3/c1-3-22(4-2)16-7-5-15(6-8-16)21-17(23)12-25-18(24)13-9-14(19)11-20-10-13/h5-11H,3-4,12H2,1-2H3,(H,21,23). The second-order valence-corrected chi connectivity index (χ2v) is 6.15. The molecule has 1 aromatic heterocycles. The van der Waals surface area contributed by atoms with Crippen LogP contribution in [0.1, 0.15) is 24.2 Å². The Morgan fingerprint density at radius 1 is 1.16 bits per heavy atom. The molecule has 1 amide bonds. The summed E-state index contributed by atoms with van der Waals surface area (Å²) in [5.74, 6) is -0.993. The van der Waals surface area contributed by atoms with E-state index in [0.717, 1.165) is 18.8 Å². The Kier molecular flexibility index (Phi) is 6.94. The summed E-state index contributed by atoms with van der Waals surface area (Å²) >= 11 is 3.23. The molecule has 25 heavy (non-hydrogen) atoms. The zero-order valence-corrected chi connectivity index (χ0v) is 15.7. The molecule has 0 bridgehead atoms. The number of anilines is 2. The molecule has 0 radical (unpaired) electrons. The molecule has 0 aliphatic heterocycles. The molecule has 0 saturated carbocycles. The number of rotatable bonds is 7. The number of benzene rings is 1. The van der Waals surface area contributed by atoms with Crippen molar-refractivity contribution in [2.24, 2.45) is 0 Å². The van der Waals surface area contributed by atoms with Gasteiger partial charge < -0.3 is 15.0 Å². The molecular weight excluding hydrogens is 386 g/mol. The van der Waals surface area contributed by atoms with E-state index < -0.39 is 11.9 Å². The highest BCUT2D eigenvalue weighted by Crippen LogP contribution is 2.17. The maximum Gasteiger partial charge on any atom is 0.340 e. The van der Waals surface area contributed by atoms with Gasteiger partial charge in [-0.05, 0) is 60.1 Å². The lowest BCUT2D eigenvalue weighted by atomic mass is 10.2. The van der Waals surface area contributed by atoms with Crippen LogP contribution in [-0.4, -0.2) is 36.6 Å². The van der Waals surface area contributed by atoms with Gasteiger partial charge in [0.1, 0.15) is 0 Å². The van der Waals surface area contributed by atoms with Crippen LogP contribution in [0.2, 0.25) is 0 Å². The number of hydrogen-bond donors (Lipinski definition) is 1. The lowest BCUT2D eigenvalue weighted by Crippen LogP contribution is -2.22. The average Bonchev–Trinajstić information content (AvgIpc) is 2.62. The Morgan fingerprint density at radius 2 is 1.84 bits per heavy atom. The minimum absolute atomic E-state index is 0.283. The van der Waals surface area contributed by atoms with Gasteiger partial charge in [-0.1, -0.05) is 0 Å². The molecule has 2 rings (SSSR count). The van der Waals surface area contributed by atoms with E-state index >= 15 is 0 Å². The van der Waals surface area contributed by atoms with Crippen LogP contribution in [0.5, 0.6) is 0 Å². The van der Waals surface area contributed by atoms with Crippen LogP contribution in [0, 0.1) is 0 Å². The SMILES string of the molecule is CCN(CC)c1ccc(NC(=O)COC(=O)c2cncc(Br)c2)cc1. The molecule has 0 atom stereocenters. The van der Waals surface area contributed by atoms with E-state index in [1.54, 1.807) is 12.3 Å². The molecule has 0 aliphatic rings. The second-order valence-electron chi connectivity index (χ2n) is 5.24. The van der Waals surface area contributed by atoms with Gasteiger partial charge in [0.05, 0.1) is 5.56 Å². The van der Waals surface area contributed by atoms with Crippen LogP contribution in [0.3, 0.4) is 0 Å². The van der Waals surface area contributed by atoms with Crippen molar-refractivity contribution in [3.63, 3.8) is 0 Å². The van der Waals surface area contributed by atoms with Crippen molar-refractivity contribution in [3.8, 4) is 0 Å². The Hall–Kier alpha value is -2.41. The molecule has 0 fully saturated rings. The molecule has 0 unspecified atom stereocenters. The molecule has 1 N–H and O–H groups in total. The molecule has 1 heterocycles. The highest BCUT2D eigenvalue weighted by Gasteiger charge is 2.11. The van der Waals surface area contributed by atoms with Gasteiger partial charge in [0, 0.05) is 41.3 Å². The predicted molar refractivity (Wildman–Crippen MR) is 101 cm³/mol. The first kappa shape index (κ1) is 18.9. The number of halogens is 1. The van der Waals surface area contributed by atoms with Gasteiger partial charge in [-0.15, -0.1) is 0 Å². The Labute approximate surface area is 155 Å². The number of pyridine rings is 1. The fourth-order valence-electron chi connectivity index (χ4n) is 2.28. The van der Waals surface area contributed by atoms with E-state index in [9.17, 15) is 9.59 Å². The number of carbonyl (C=O) groups is 2. The Balaban J connectivity index is 1.87. The highest BCUT2D eigenvalue weighted by atomic mass is 79.9. The quantitative estimate of drug-likeness (QED) is 0.713. The molecule has 1 aromatic carbocycles. The third kappa shape index (κ3) is 5.56. The van der Waals surface area contributed by atoms with Crippen LogP contribution in [0.15, 0.2) is 47.2 Å². The first-order chi connectivity index (χ1) is 12.0. The van der Waals surface area contributed by atoms with E-state index in [0.29, 0.717) is 10.2 Å². The summed E-state index contributed by atoms with van der Waals surface area (Å²) in [6, 6.07) is 9.12. The third-order valence-corrected chi connectivity index (χ3v) is 3.99. The molecule has 132 valence electrons. The minimum Gasteiger partial charge on any atom is -0.452 e. The number of ether oxygens (including phenoxy) is 1. The topological polar surface area (TPSA) is 71.5 Å². The minimum atomic E-state index is -0.596. The number of carbonyl (C=O) groups excluding carboxylic acids is 2. The zero-order chi connectivity index (χ0) is 18.2. The monoisotopic (exact) mass is 405 g/mol. The molecule has 6 nitrogen and oxygen atoms in total. The molecule has 0 spiro atoms. The van der Waals surface area contributed by atoms with E-state index in [1.807, 2.05) is 24.3 Å². The highest BCUT2D eigenvalue weighted by molar-refractivity contribution is 9.10. The zero-order valence-electron chi connectivity index (χ0n) is 14.2. The summed E-state index contributed by atoms with van der Waals surface area (Å²) in [6.07, 6.45) is 2.95. The van der Waals surface area contributed by atoms with Gasteiger partial charge in [0.15, 0.2) is 6.61 Å². The van der Waals surface area contributed by atoms with Gasteiger partial charge in [0.2, 0.25) is 0 Å². The number of hydrogen-bond acceptors (Lipinski definition) is 5. The summed E-state index contributed by atoms with van der Waals surface area (Å²) in [6.45, 7) is 5.66. The molecule has 0 saturated heterocycles. The van der Waals surface area contributed by atoms with E-state index in [-0.39, 0.29) is 12.2 Å². The normalized spacial score (nSPS) is 10.2. The van der Waals surface area contributed by atoms with E-state index in [2.05, 4.69) is 45.0 Å². The van der Waals surface area contributed by atoms with Gasteiger partial charge >= 0.3 is 5.97 Å². The van der Waals surface area contributed by atoms with Crippen molar-refractivity contribution in [1.82, 2.24) is 4.98 Å². The van der Waals surface area contributed by atoms with Crippen LogP contribution >= 0.6 is 15.9 Å². The Morgan fingerprint density at radius 3 is 2.44 bits per heavy atom. The molecular formula is C18H20BrN3O3. The first-order valence-electron chi connectivity index (χ1n) is 7.96. The average molecular weight is 406 g/mol. The van der Waals surface area contributed by atoms with Crippen molar-refractivity contribution in [2.75, 3.05) is 29.9 Å². The van der Waals surface area contributed by atoms with Gasteiger partial charge in [-0.3, -0.25) is 9.78 Å². The summed E-state index contributed by atoms with van der Waals surface area (Å²) in [5.41, 5.74) is 2.03. The van der Waals surface area contributed by atoms with Crippen molar-refractivity contribution >= 4 is 39.2 Å². The fraction of sp³-hybridized carbons (Fsp3) is 0.278. The number of esters is 1. The van der Waals surface area contributed by atoms with Gasteiger partial charge in [-0.2, -0.15) is 0 Å². The van der Waals surface area contributed by atoms with Crippen LogP contribution in [0.4, 0.5) is 11.4 Å². The summed E-state index contributed by atoms with van der Waals surface area (Å²) in [4.78, 5) is 29.9.